The Hall–Kier alpha value is -2.60. The van der Waals surface area contributed by atoms with Crippen LogP contribution in [0.1, 0.15) is 49.8 Å². The Morgan fingerprint density at radius 2 is 1.87 bits per heavy atom. The third kappa shape index (κ3) is 4.43. The number of carbonyl (C=O) groups is 1. The molecule has 1 fully saturated rings. The summed E-state index contributed by atoms with van der Waals surface area (Å²) in [5.41, 5.74) is 2.95. The first-order chi connectivity index (χ1) is 14.5. The molecule has 1 amide bonds. The molecule has 1 aliphatic carbocycles. The van der Waals surface area contributed by atoms with Crippen molar-refractivity contribution in [2.75, 3.05) is 0 Å². The summed E-state index contributed by atoms with van der Waals surface area (Å²) in [5, 5.41) is 3.94. The number of nitrogens with zero attached hydrogens (tertiary/aromatic N) is 2. The van der Waals surface area contributed by atoms with Crippen molar-refractivity contribution in [2.45, 2.75) is 62.5 Å². The maximum absolute atomic E-state index is 13.2. The number of thioether (sulfide) groups is 1. The smallest absolute Gasteiger partial charge is 0.262 e. The number of carbonyl (C=O) groups excluding carboxylic acids is 1. The van der Waals surface area contributed by atoms with E-state index in [0.29, 0.717) is 22.6 Å². The lowest BCUT2D eigenvalue weighted by atomic mass is 10.1. The maximum atomic E-state index is 13.2. The second kappa shape index (κ2) is 9.04. The minimum atomic E-state index is -0.351. The van der Waals surface area contributed by atoms with Gasteiger partial charge in [0.1, 0.15) is 0 Å². The van der Waals surface area contributed by atoms with Gasteiger partial charge in [-0.1, -0.05) is 66.6 Å². The van der Waals surface area contributed by atoms with Gasteiger partial charge in [0.05, 0.1) is 16.2 Å². The van der Waals surface area contributed by atoms with Gasteiger partial charge in [-0.05, 0) is 44.4 Å². The van der Waals surface area contributed by atoms with E-state index >= 15 is 0 Å². The van der Waals surface area contributed by atoms with Crippen molar-refractivity contribution in [3.8, 4) is 0 Å². The summed E-state index contributed by atoms with van der Waals surface area (Å²) in [6.07, 6.45) is 4.23. The lowest BCUT2D eigenvalue weighted by Crippen LogP contribution is -2.32. The number of amides is 1. The summed E-state index contributed by atoms with van der Waals surface area (Å²) < 4.78 is 1.84. The van der Waals surface area contributed by atoms with Gasteiger partial charge in [0.2, 0.25) is 5.91 Å². The minimum absolute atomic E-state index is 0.00210. The van der Waals surface area contributed by atoms with E-state index in [2.05, 4.69) is 5.32 Å². The molecule has 1 N–H and O–H groups in total. The van der Waals surface area contributed by atoms with Crippen LogP contribution in [-0.2, 0) is 11.3 Å². The van der Waals surface area contributed by atoms with Crippen LogP contribution < -0.4 is 10.9 Å². The van der Waals surface area contributed by atoms with Crippen molar-refractivity contribution < 1.29 is 4.79 Å². The van der Waals surface area contributed by atoms with Gasteiger partial charge in [-0.15, -0.1) is 0 Å². The van der Waals surface area contributed by atoms with E-state index in [9.17, 15) is 9.59 Å². The number of hydrogen-bond donors (Lipinski definition) is 1. The predicted molar refractivity (Wildman–Crippen MR) is 122 cm³/mol. The molecular formula is C24H27N3O2S. The first-order valence-corrected chi connectivity index (χ1v) is 11.4. The van der Waals surface area contributed by atoms with Crippen molar-refractivity contribution >= 4 is 28.6 Å². The van der Waals surface area contributed by atoms with Gasteiger partial charge in [0.25, 0.3) is 5.56 Å². The Balaban J connectivity index is 1.55. The molecule has 0 unspecified atom stereocenters. The molecule has 5 nitrogen and oxygen atoms in total. The SMILES string of the molecule is Cc1ccc(CNC(=O)[C@@H](C)Sc2nc3ccccc3c(=O)n2C2CCCC2)cc1. The minimum Gasteiger partial charge on any atom is -0.351 e. The van der Waals surface area contributed by atoms with Gasteiger partial charge in [-0.2, -0.15) is 0 Å². The van der Waals surface area contributed by atoms with Crippen LogP contribution >= 0.6 is 11.8 Å². The normalized spacial score (nSPS) is 15.4. The molecule has 0 radical (unpaired) electrons. The fourth-order valence-corrected chi connectivity index (χ4v) is 4.95. The fourth-order valence-electron chi connectivity index (χ4n) is 3.94. The Labute approximate surface area is 180 Å². The summed E-state index contributed by atoms with van der Waals surface area (Å²) in [6.45, 7) is 4.40. The van der Waals surface area contributed by atoms with Gasteiger partial charge in [-0.25, -0.2) is 4.98 Å². The number of rotatable bonds is 6. The number of aromatic nitrogens is 2. The average molecular weight is 422 g/mol. The molecule has 6 heteroatoms. The zero-order valence-electron chi connectivity index (χ0n) is 17.4. The Morgan fingerprint density at radius 3 is 2.60 bits per heavy atom. The van der Waals surface area contributed by atoms with Gasteiger partial charge in [0.15, 0.2) is 5.16 Å². The average Bonchev–Trinajstić information content (AvgIpc) is 3.27. The highest BCUT2D eigenvalue weighted by atomic mass is 32.2. The third-order valence-corrected chi connectivity index (χ3v) is 6.77. The largest absolute Gasteiger partial charge is 0.351 e. The first kappa shape index (κ1) is 20.7. The molecule has 0 saturated heterocycles. The molecule has 0 aliphatic heterocycles. The van der Waals surface area contributed by atoms with Crippen LogP contribution in [0.4, 0.5) is 0 Å². The van der Waals surface area contributed by atoms with E-state index in [1.165, 1.54) is 17.3 Å². The van der Waals surface area contributed by atoms with E-state index in [-0.39, 0.29) is 22.8 Å². The molecule has 1 aliphatic rings. The lowest BCUT2D eigenvalue weighted by Gasteiger charge is -2.20. The molecule has 1 aromatic heterocycles. The molecule has 1 atom stereocenters. The molecule has 30 heavy (non-hydrogen) atoms. The van der Waals surface area contributed by atoms with Gasteiger partial charge in [0, 0.05) is 12.6 Å². The summed E-state index contributed by atoms with van der Waals surface area (Å²) >= 11 is 1.37. The molecule has 2 aromatic carbocycles. The van der Waals surface area contributed by atoms with Crippen LogP contribution in [0.3, 0.4) is 0 Å². The number of aryl methyl sites for hydroxylation is 1. The van der Waals surface area contributed by atoms with E-state index in [4.69, 9.17) is 4.98 Å². The molecule has 0 bridgehead atoms. The molecule has 1 heterocycles. The maximum Gasteiger partial charge on any atom is 0.262 e. The van der Waals surface area contributed by atoms with Crippen LogP contribution in [0.5, 0.6) is 0 Å². The van der Waals surface area contributed by atoms with Crippen LogP contribution in [-0.4, -0.2) is 20.7 Å². The van der Waals surface area contributed by atoms with Crippen molar-refractivity contribution in [1.82, 2.24) is 14.9 Å². The van der Waals surface area contributed by atoms with Crippen molar-refractivity contribution in [1.29, 1.82) is 0 Å². The van der Waals surface area contributed by atoms with Crippen molar-refractivity contribution in [3.05, 3.63) is 70.0 Å². The predicted octanol–water partition coefficient (Wildman–Crippen LogP) is 4.62. The molecular weight excluding hydrogens is 394 g/mol. The summed E-state index contributed by atoms with van der Waals surface area (Å²) in [4.78, 5) is 30.7. The highest BCUT2D eigenvalue weighted by Crippen LogP contribution is 2.33. The molecule has 1 saturated carbocycles. The molecule has 3 aromatic rings. The Bertz CT molecular complexity index is 1100. The van der Waals surface area contributed by atoms with Crippen LogP contribution in [0.15, 0.2) is 58.5 Å². The van der Waals surface area contributed by atoms with Gasteiger partial charge in [-0.3, -0.25) is 14.2 Å². The summed E-state index contributed by atoms with van der Waals surface area (Å²) in [5.74, 6) is -0.0547. The van der Waals surface area contributed by atoms with Gasteiger partial charge >= 0.3 is 0 Å². The highest BCUT2D eigenvalue weighted by Gasteiger charge is 2.25. The quantitative estimate of drug-likeness (QED) is 0.466. The highest BCUT2D eigenvalue weighted by molar-refractivity contribution is 8.00. The molecule has 0 spiro atoms. The Morgan fingerprint density at radius 1 is 1.17 bits per heavy atom. The number of benzene rings is 2. The van der Waals surface area contributed by atoms with E-state index in [1.807, 2.05) is 66.9 Å². The monoisotopic (exact) mass is 421 g/mol. The van der Waals surface area contributed by atoms with Crippen LogP contribution in [0.25, 0.3) is 10.9 Å². The third-order valence-electron chi connectivity index (χ3n) is 5.70. The van der Waals surface area contributed by atoms with Crippen LogP contribution in [0.2, 0.25) is 0 Å². The number of para-hydroxylation sites is 1. The van der Waals surface area contributed by atoms with Crippen molar-refractivity contribution in [2.24, 2.45) is 0 Å². The lowest BCUT2D eigenvalue weighted by molar-refractivity contribution is -0.120. The fraction of sp³-hybridized carbons (Fsp3) is 0.375. The first-order valence-electron chi connectivity index (χ1n) is 10.5. The summed E-state index contributed by atoms with van der Waals surface area (Å²) in [7, 11) is 0. The second-order valence-corrected chi connectivity index (χ2v) is 9.30. The van der Waals surface area contributed by atoms with Crippen molar-refractivity contribution in [3.63, 3.8) is 0 Å². The zero-order valence-corrected chi connectivity index (χ0v) is 18.2. The van der Waals surface area contributed by atoms with Gasteiger partial charge < -0.3 is 5.32 Å². The van der Waals surface area contributed by atoms with E-state index in [1.54, 1.807) is 0 Å². The number of fused-ring (bicyclic) bond motifs is 1. The standard InChI is InChI=1S/C24H27N3O2S/c1-16-11-13-18(14-12-16)15-25-22(28)17(2)30-24-26-21-10-6-5-9-20(21)23(29)27(24)19-7-3-4-8-19/h5-6,9-14,17,19H,3-4,7-8,15H2,1-2H3,(H,25,28)/t17-/m1/s1. The molecule has 156 valence electrons. The topological polar surface area (TPSA) is 64.0 Å². The Kier molecular flexibility index (Phi) is 6.23. The number of nitrogens with one attached hydrogen (secondary N) is 1. The van der Waals surface area contributed by atoms with Crippen LogP contribution in [0, 0.1) is 6.92 Å². The second-order valence-electron chi connectivity index (χ2n) is 7.99. The number of hydrogen-bond acceptors (Lipinski definition) is 4. The van der Waals surface area contributed by atoms with E-state index < -0.39 is 0 Å². The zero-order chi connectivity index (χ0) is 21.1. The molecule has 4 rings (SSSR count). The van der Waals surface area contributed by atoms with E-state index in [0.717, 1.165) is 31.2 Å². The summed E-state index contributed by atoms with van der Waals surface area (Å²) in [6, 6.07) is 15.8.